The average Bonchev–Trinajstić information content (AvgIpc) is 2.48. The summed E-state index contributed by atoms with van der Waals surface area (Å²) in [6, 6.07) is 7.62. The summed E-state index contributed by atoms with van der Waals surface area (Å²) in [6.45, 7) is 1.19. The molecule has 3 rings (SSSR count). The molecule has 2 aromatic rings. The zero-order valence-electron chi connectivity index (χ0n) is 10.7. The average molecular weight is 257 g/mol. The summed E-state index contributed by atoms with van der Waals surface area (Å²) in [7, 11) is 1.89. The lowest BCUT2D eigenvalue weighted by Crippen LogP contribution is -2.23. The molecular formula is C14H15N3O2. The smallest absolute Gasteiger partial charge is 0.192 e. The lowest BCUT2D eigenvalue weighted by Gasteiger charge is -2.25. The third kappa shape index (κ3) is 2.51. The first kappa shape index (κ1) is 11.9. The van der Waals surface area contributed by atoms with E-state index in [4.69, 9.17) is 9.47 Å². The van der Waals surface area contributed by atoms with E-state index in [2.05, 4.69) is 15.3 Å². The van der Waals surface area contributed by atoms with Crippen molar-refractivity contribution >= 4 is 0 Å². The SMILES string of the molecule is CNCc1cnc(C2COc3ccccc3O2)nc1. The summed E-state index contributed by atoms with van der Waals surface area (Å²) in [5.74, 6) is 2.15. The maximum atomic E-state index is 5.85. The van der Waals surface area contributed by atoms with E-state index in [1.165, 1.54) is 0 Å². The van der Waals surface area contributed by atoms with Crippen LogP contribution in [0, 0.1) is 0 Å². The monoisotopic (exact) mass is 257 g/mol. The van der Waals surface area contributed by atoms with Gasteiger partial charge in [0.25, 0.3) is 0 Å². The number of nitrogens with one attached hydrogen (secondary N) is 1. The maximum Gasteiger partial charge on any atom is 0.192 e. The van der Waals surface area contributed by atoms with Crippen molar-refractivity contribution in [2.75, 3.05) is 13.7 Å². The molecule has 0 spiro atoms. The van der Waals surface area contributed by atoms with Crippen molar-refractivity contribution in [3.05, 3.63) is 48.0 Å². The number of hydrogen-bond donors (Lipinski definition) is 1. The zero-order valence-corrected chi connectivity index (χ0v) is 10.7. The Bertz CT molecular complexity index is 557. The van der Waals surface area contributed by atoms with Crippen molar-refractivity contribution in [3.8, 4) is 11.5 Å². The van der Waals surface area contributed by atoms with Crippen LogP contribution in [0.5, 0.6) is 11.5 Å². The molecular weight excluding hydrogens is 242 g/mol. The fraction of sp³-hybridized carbons (Fsp3) is 0.286. The second-order valence-corrected chi connectivity index (χ2v) is 4.34. The molecule has 98 valence electrons. The number of aromatic nitrogens is 2. The first-order valence-electron chi connectivity index (χ1n) is 6.20. The lowest BCUT2D eigenvalue weighted by molar-refractivity contribution is 0.0850. The van der Waals surface area contributed by atoms with Gasteiger partial charge in [0.1, 0.15) is 6.61 Å². The highest BCUT2D eigenvalue weighted by Crippen LogP contribution is 2.34. The van der Waals surface area contributed by atoms with E-state index in [-0.39, 0.29) is 6.10 Å². The van der Waals surface area contributed by atoms with Crippen LogP contribution < -0.4 is 14.8 Å². The third-order valence-corrected chi connectivity index (χ3v) is 2.90. The number of hydrogen-bond acceptors (Lipinski definition) is 5. The molecule has 1 aromatic carbocycles. The van der Waals surface area contributed by atoms with Gasteiger partial charge in [0.2, 0.25) is 0 Å². The van der Waals surface area contributed by atoms with E-state index in [0.29, 0.717) is 12.4 Å². The summed E-state index contributed by atoms with van der Waals surface area (Å²) >= 11 is 0. The van der Waals surface area contributed by atoms with Gasteiger partial charge in [-0.1, -0.05) is 12.1 Å². The normalized spacial score (nSPS) is 17.2. The van der Waals surface area contributed by atoms with Crippen LogP contribution in [0.4, 0.5) is 0 Å². The molecule has 1 aliphatic rings. The number of nitrogens with zero attached hydrogens (tertiary/aromatic N) is 2. The molecule has 1 atom stereocenters. The zero-order chi connectivity index (χ0) is 13.1. The van der Waals surface area contributed by atoms with Gasteiger partial charge in [-0.05, 0) is 19.2 Å². The number of fused-ring (bicyclic) bond motifs is 1. The number of ether oxygens (including phenoxy) is 2. The molecule has 1 N–H and O–H groups in total. The molecule has 1 aliphatic heterocycles. The predicted octanol–water partition coefficient (Wildman–Crippen LogP) is 1.71. The Morgan fingerprint density at radius 1 is 1.21 bits per heavy atom. The highest BCUT2D eigenvalue weighted by molar-refractivity contribution is 5.40. The molecule has 19 heavy (non-hydrogen) atoms. The minimum atomic E-state index is -0.251. The molecule has 2 heterocycles. The van der Waals surface area contributed by atoms with Crippen molar-refractivity contribution in [2.24, 2.45) is 0 Å². The summed E-state index contributed by atoms with van der Waals surface area (Å²) < 4.78 is 11.5. The molecule has 0 saturated heterocycles. The molecule has 0 bridgehead atoms. The van der Waals surface area contributed by atoms with E-state index in [1.54, 1.807) is 0 Å². The van der Waals surface area contributed by atoms with Gasteiger partial charge < -0.3 is 14.8 Å². The van der Waals surface area contributed by atoms with Gasteiger partial charge in [-0.2, -0.15) is 0 Å². The second kappa shape index (κ2) is 5.24. The van der Waals surface area contributed by atoms with Crippen LogP contribution in [0.3, 0.4) is 0 Å². The van der Waals surface area contributed by atoms with Gasteiger partial charge in [0.15, 0.2) is 23.4 Å². The van der Waals surface area contributed by atoms with Gasteiger partial charge in [-0.25, -0.2) is 9.97 Å². The van der Waals surface area contributed by atoms with E-state index in [9.17, 15) is 0 Å². The molecule has 5 nitrogen and oxygen atoms in total. The molecule has 0 saturated carbocycles. The summed E-state index contributed by atoms with van der Waals surface area (Å²) in [6.07, 6.45) is 3.37. The summed E-state index contributed by atoms with van der Waals surface area (Å²) in [4.78, 5) is 8.68. The first-order valence-corrected chi connectivity index (χ1v) is 6.20. The van der Waals surface area contributed by atoms with E-state index in [1.807, 2.05) is 43.7 Å². The van der Waals surface area contributed by atoms with Gasteiger partial charge in [0.05, 0.1) is 0 Å². The standard InChI is InChI=1S/C14H15N3O2/c1-15-6-10-7-16-14(17-8-10)13-9-18-11-4-2-3-5-12(11)19-13/h2-5,7-8,13,15H,6,9H2,1H3. The number of benzene rings is 1. The highest BCUT2D eigenvalue weighted by Gasteiger charge is 2.24. The van der Waals surface area contributed by atoms with E-state index in [0.717, 1.165) is 23.6 Å². The fourth-order valence-corrected chi connectivity index (χ4v) is 1.97. The van der Waals surface area contributed by atoms with Crippen molar-refractivity contribution in [3.63, 3.8) is 0 Å². The Balaban J connectivity index is 1.77. The van der Waals surface area contributed by atoms with Crippen molar-refractivity contribution in [1.82, 2.24) is 15.3 Å². The second-order valence-electron chi connectivity index (χ2n) is 4.34. The van der Waals surface area contributed by atoms with Crippen LogP contribution in [0.1, 0.15) is 17.5 Å². The molecule has 0 radical (unpaired) electrons. The quantitative estimate of drug-likeness (QED) is 0.907. The fourth-order valence-electron chi connectivity index (χ4n) is 1.97. The van der Waals surface area contributed by atoms with Gasteiger partial charge in [-0.3, -0.25) is 0 Å². The summed E-state index contributed by atoms with van der Waals surface area (Å²) in [5, 5.41) is 3.06. The Kier molecular flexibility index (Phi) is 3.29. The van der Waals surface area contributed by atoms with Gasteiger partial charge in [-0.15, -0.1) is 0 Å². The minimum absolute atomic E-state index is 0.251. The van der Waals surface area contributed by atoms with E-state index >= 15 is 0 Å². The lowest BCUT2D eigenvalue weighted by atomic mass is 10.2. The molecule has 5 heteroatoms. The topological polar surface area (TPSA) is 56.3 Å². The van der Waals surface area contributed by atoms with Crippen molar-refractivity contribution in [2.45, 2.75) is 12.6 Å². The van der Waals surface area contributed by atoms with Crippen LogP contribution in [0.15, 0.2) is 36.7 Å². The third-order valence-electron chi connectivity index (χ3n) is 2.90. The Morgan fingerprint density at radius 3 is 2.68 bits per heavy atom. The van der Waals surface area contributed by atoms with Gasteiger partial charge >= 0.3 is 0 Å². The molecule has 0 aliphatic carbocycles. The molecule has 0 amide bonds. The largest absolute Gasteiger partial charge is 0.485 e. The molecule has 1 unspecified atom stereocenters. The van der Waals surface area contributed by atoms with Gasteiger partial charge in [0, 0.05) is 24.5 Å². The molecule has 0 fully saturated rings. The highest BCUT2D eigenvalue weighted by atomic mass is 16.6. The maximum absolute atomic E-state index is 5.85. The Labute approximate surface area is 111 Å². The Morgan fingerprint density at radius 2 is 1.95 bits per heavy atom. The number of para-hydroxylation sites is 2. The molecule has 1 aromatic heterocycles. The van der Waals surface area contributed by atoms with Crippen LogP contribution in [-0.4, -0.2) is 23.6 Å². The van der Waals surface area contributed by atoms with Crippen LogP contribution >= 0.6 is 0 Å². The predicted molar refractivity (Wildman–Crippen MR) is 70.1 cm³/mol. The Hall–Kier alpha value is -2.14. The minimum Gasteiger partial charge on any atom is -0.485 e. The van der Waals surface area contributed by atoms with Crippen molar-refractivity contribution in [1.29, 1.82) is 0 Å². The van der Waals surface area contributed by atoms with Crippen LogP contribution in [0.25, 0.3) is 0 Å². The summed E-state index contributed by atoms with van der Waals surface area (Å²) in [5.41, 5.74) is 1.04. The van der Waals surface area contributed by atoms with Crippen LogP contribution in [-0.2, 0) is 6.54 Å². The first-order chi connectivity index (χ1) is 9.36. The number of rotatable bonds is 3. The van der Waals surface area contributed by atoms with E-state index < -0.39 is 0 Å². The van der Waals surface area contributed by atoms with Crippen LogP contribution in [0.2, 0.25) is 0 Å². The van der Waals surface area contributed by atoms with Crippen molar-refractivity contribution < 1.29 is 9.47 Å².